The van der Waals surface area contributed by atoms with Gasteiger partial charge in [-0.3, -0.25) is 4.99 Å². The van der Waals surface area contributed by atoms with Gasteiger partial charge < -0.3 is 51.8 Å². The Balaban J connectivity index is -0.000000383. The predicted octanol–water partition coefficient (Wildman–Crippen LogP) is 9.66. The van der Waals surface area contributed by atoms with Gasteiger partial charge in [0.05, 0.1) is 5.69 Å². The van der Waals surface area contributed by atoms with E-state index in [0.29, 0.717) is 5.92 Å². The lowest BCUT2D eigenvalue weighted by Crippen LogP contribution is -2.02. The molecule has 36 heavy (non-hydrogen) atoms. The summed E-state index contributed by atoms with van der Waals surface area (Å²) in [5.74, 6) is 0.520. The zero-order chi connectivity index (χ0) is 29.2. The van der Waals surface area contributed by atoms with Gasteiger partial charge in [0.15, 0.2) is 0 Å². The van der Waals surface area contributed by atoms with Crippen LogP contribution in [0.5, 0.6) is 0 Å². The van der Waals surface area contributed by atoms with Crippen LogP contribution in [0.4, 0.5) is 70.6 Å². The van der Waals surface area contributed by atoms with E-state index in [0.717, 1.165) is 5.69 Å². The van der Waals surface area contributed by atoms with Crippen molar-refractivity contribution in [1.82, 2.24) is 0 Å². The highest BCUT2D eigenvalue weighted by atomic mass is 19.5. The number of alkyl halides is 3. The van der Waals surface area contributed by atoms with Crippen LogP contribution in [-0.4, -0.2) is 34.2 Å². The molecule has 1 aliphatic rings. The Kier molecular flexibility index (Phi) is 19.4. The van der Waals surface area contributed by atoms with Gasteiger partial charge in [0, 0.05) is 11.6 Å². The normalized spacial score (nSPS) is 13.8. The standard InChI is InChI=1S/C10H11N.C6H6.CHF3.3BF4/c1-7-8(2)11-10-6-4-3-5-9(7)10;1-2-4-6-5-3-1;2-1(3)4;3*2-1(3,4)5/h3-7H,1-2H3;1-6H;1H;;;/q;;;3*-1. The summed E-state index contributed by atoms with van der Waals surface area (Å²) in [6.07, 6.45) is 0. The van der Waals surface area contributed by atoms with E-state index in [2.05, 4.69) is 37.0 Å². The molecule has 0 aromatic heterocycles. The Morgan fingerprint density at radius 2 is 0.833 bits per heavy atom. The second kappa shape index (κ2) is 18.5. The summed E-state index contributed by atoms with van der Waals surface area (Å²) in [6, 6.07) is 20.3. The summed E-state index contributed by atoms with van der Waals surface area (Å²) >= 11 is 0. The lowest BCUT2D eigenvalue weighted by Gasteiger charge is -2.02. The fourth-order valence-electron chi connectivity index (χ4n) is 1.85. The van der Waals surface area contributed by atoms with Crippen molar-refractivity contribution in [3.05, 3.63) is 66.2 Å². The summed E-state index contributed by atoms with van der Waals surface area (Å²) in [7, 11) is -18.0. The topological polar surface area (TPSA) is 12.4 Å². The van der Waals surface area contributed by atoms with Gasteiger partial charge in [0.2, 0.25) is 0 Å². The van der Waals surface area contributed by atoms with Gasteiger partial charge in [0.1, 0.15) is 0 Å². The Hall–Kier alpha value is -2.75. The first-order valence-electron chi connectivity index (χ1n) is 9.20. The highest BCUT2D eigenvalue weighted by Gasteiger charge is 2.21. The molecule has 1 atom stereocenters. The molecule has 1 aliphatic heterocycles. The number of halogens is 15. The van der Waals surface area contributed by atoms with Gasteiger partial charge in [-0.05, 0) is 18.6 Å². The average Bonchev–Trinajstić information content (AvgIpc) is 2.94. The lowest BCUT2D eigenvalue weighted by atomic mass is 9.99. The van der Waals surface area contributed by atoms with Gasteiger partial charge in [0.25, 0.3) is 0 Å². The van der Waals surface area contributed by atoms with E-state index in [-0.39, 0.29) is 0 Å². The summed E-state index contributed by atoms with van der Waals surface area (Å²) in [5, 5.41) is 0. The molecule has 1 nitrogen and oxygen atoms in total. The molecule has 0 spiro atoms. The second-order valence-electron chi connectivity index (χ2n) is 5.92. The number of para-hydroxylation sites is 1. The van der Waals surface area contributed by atoms with Crippen LogP contribution < -0.4 is 0 Å². The van der Waals surface area contributed by atoms with E-state index in [1.807, 2.05) is 42.5 Å². The van der Waals surface area contributed by atoms with Crippen molar-refractivity contribution in [2.24, 2.45) is 4.99 Å². The van der Waals surface area contributed by atoms with Gasteiger partial charge in [-0.2, -0.15) is 13.2 Å². The highest BCUT2D eigenvalue weighted by Crippen LogP contribution is 2.34. The summed E-state index contributed by atoms with van der Waals surface area (Å²) < 4.78 is 146. The smallest absolute Gasteiger partial charge is 0.418 e. The van der Waals surface area contributed by atoms with Gasteiger partial charge >= 0.3 is 28.4 Å². The SMILES string of the molecule is CC1=Nc2ccccc2C1C.FC(F)F.F[B-](F)(F)F.F[B-](F)(F)F.F[B-](F)(F)F.c1ccccc1. The third kappa shape index (κ3) is 41.5. The summed E-state index contributed by atoms with van der Waals surface area (Å²) in [4.78, 5) is 4.45. The maximum Gasteiger partial charge on any atom is 0.673 e. The zero-order valence-electron chi connectivity index (χ0n) is 18.3. The zero-order valence-corrected chi connectivity index (χ0v) is 18.3. The third-order valence-corrected chi connectivity index (χ3v) is 2.99. The molecule has 1 heterocycles. The van der Waals surface area contributed by atoms with Crippen LogP contribution in [0.15, 0.2) is 65.7 Å². The van der Waals surface area contributed by atoms with E-state index in [9.17, 15) is 65.0 Å². The number of rotatable bonds is 0. The molecular weight excluding hydrogens is 536 g/mol. The van der Waals surface area contributed by atoms with Gasteiger partial charge in [-0.1, -0.05) is 61.5 Å². The predicted molar refractivity (Wildman–Crippen MR) is 112 cm³/mol. The van der Waals surface area contributed by atoms with Crippen molar-refractivity contribution >= 4 is 33.2 Å². The highest BCUT2D eigenvalue weighted by molar-refractivity contribution is 6.50. The summed E-state index contributed by atoms with van der Waals surface area (Å²) in [5.41, 5.74) is 3.74. The quantitative estimate of drug-likeness (QED) is 0.227. The van der Waals surface area contributed by atoms with E-state index in [1.165, 1.54) is 11.3 Å². The van der Waals surface area contributed by atoms with Crippen LogP contribution in [-0.2, 0) is 0 Å². The first kappa shape index (κ1) is 37.8. The van der Waals surface area contributed by atoms with Crippen LogP contribution in [0, 0.1) is 0 Å². The fourth-order valence-corrected chi connectivity index (χ4v) is 1.85. The lowest BCUT2D eigenvalue weighted by molar-refractivity contribution is 0.00817. The molecule has 19 heteroatoms. The van der Waals surface area contributed by atoms with E-state index in [1.54, 1.807) is 0 Å². The molecule has 2 aromatic rings. The minimum absolute atomic E-state index is 0.520. The van der Waals surface area contributed by atoms with Crippen LogP contribution >= 0.6 is 0 Å². The monoisotopic (exact) mass is 554 g/mol. The Bertz CT molecular complexity index is 749. The van der Waals surface area contributed by atoms with Crippen molar-refractivity contribution in [2.45, 2.75) is 26.4 Å². The molecule has 0 bridgehead atoms. The second-order valence-corrected chi connectivity index (χ2v) is 5.92. The largest absolute Gasteiger partial charge is 0.673 e. The van der Waals surface area contributed by atoms with Gasteiger partial charge in [-0.15, -0.1) is 0 Å². The van der Waals surface area contributed by atoms with Crippen LogP contribution in [0.2, 0.25) is 0 Å². The van der Waals surface area contributed by atoms with Crippen molar-refractivity contribution in [3.8, 4) is 0 Å². The van der Waals surface area contributed by atoms with E-state index < -0.39 is 28.4 Å². The number of fused-ring (bicyclic) bond motifs is 1. The molecule has 0 aliphatic carbocycles. The first-order valence-corrected chi connectivity index (χ1v) is 9.20. The van der Waals surface area contributed by atoms with Crippen LogP contribution in [0.25, 0.3) is 0 Å². The number of aliphatic imine (C=N–C) groups is 1. The molecule has 208 valence electrons. The number of nitrogens with zero attached hydrogens (tertiary/aromatic N) is 1. The molecule has 3 rings (SSSR count). The van der Waals surface area contributed by atoms with Crippen molar-refractivity contribution in [1.29, 1.82) is 0 Å². The Labute approximate surface area is 196 Å². The molecule has 0 amide bonds. The summed E-state index contributed by atoms with van der Waals surface area (Å²) in [6.45, 7) is 0.620. The Morgan fingerprint density at radius 1 is 0.583 bits per heavy atom. The fraction of sp³-hybridized carbons (Fsp3) is 0.235. The van der Waals surface area contributed by atoms with Crippen molar-refractivity contribution in [2.75, 3.05) is 0 Å². The number of benzene rings is 2. The first-order chi connectivity index (χ1) is 16.0. The van der Waals surface area contributed by atoms with Crippen molar-refractivity contribution in [3.63, 3.8) is 0 Å². The van der Waals surface area contributed by atoms with Crippen LogP contribution in [0.1, 0.15) is 25.3 Å². The number of hydrogen-bond acceptors (Lipinski definition) is 1. The Morgan fingerprint density at radius 3 is 1.08 bits per heavy atom. The minimum Gasteiger partial charge on any atom is -0.418 e. The maximum atomic E-state index is 9.75. The molecule has 0 fully saturated rings. The van der Waals surface area contributed by atoms with E-state index in [4.69, 9.17) is 0 Å². The van der Waals surface area contributed by atoms with E-state index >= 15 is 0 Å². The average molecular weight is 554 g/mol. The molecular formula is C17H18B3F15N-3. The third-order valence-electron chi connectivity index (χ3n) is 2.99. The molecule has 0 saturated heterocycles. The number of hydrogen-bond donors (Lipinski definition) is 0. The molecule has 0 N–H and O–H groups in total. The molecule has 0 saturated carbocycles. The van der Waals surface area contributed by atoms with Gasteiger partial charge in [-0.25, -0.2) is 0 Å². The maximum absolute atomic E-state index is 9.75. The van der Waals surface area contributed by atoms with Crippen molar-refractivity contribution < 1.29 is 65.0 Å². The van der Waals surface area contributed by atoms with Crippen LogP contribution in [0.3, 0.4) is 0 Å². The molecule has 0 radical (unpaired) electrons. The molecule has 2 aromatic carbocycles. The molecule has 1 unspecified atom stereocenters. The minimum atomic E-state index is -6.00.